The largest absolute Gasteiger partial charge is 0.368 e. The van der Waals surface area contributed by atoms with Gasteiger partial charge in [-0.2, -0.15) is 15.0 Å². The van der Waals surface area contributed by atoms with Gasteiger partial charge in [-0.15, -0.1) is 0 Å². The average Bonchev–Trinajstić information content (AvgIpc) is 2.58. The molecule has 2 aromatic rings. The van der Waals surface area contributed by atoms with Gasteiger partial charge in [0.2, 0.25) is 11.9 Å². The summed E-state index contributed by atoms with van der Waals surface area (Å²) in [6, 6.07) is 8.07. The zero-order valence-corrected chi connectivity index (χ0v) is 15.4. The molecule has 0 spiro atoms. The monoisotopic (exact) mass is 361 g/mol. The van der Waals surface area contributed by atoms with E-state index < -0.39 is 0 Å². The third-order valence-electron chi connectivity index (χ3n) is 4.24. The quantitative estimate of drug-likeness (QED) is 0.864. The van der Waals surface area contributed by atoms with Gasteiger partial charge in [-0.3, -0.25) is 9.80 Å². The maximum absolute atomic E-state index is 5.94. The molecule has 2 heterocycles. The van der Waals surface area contributed by atoms with Gasteiger partial charge in [0.25, 0.3) is 0 Å². The van der Waals surface area contributed by atoms with Crippen LogP contribution in [-0.4, -0.2) is 65.0 Å². The van der Waals surface area contributed by atoms with Gasteiger partial charge in [0.1, 0.15) is 5.82 Å². The number of benzene rings is 1. The second-order valence-corrected chi connectivity index (χ2v) is 6.92. The summed E-state index contributed by atoms with van der Waals surface area (Å²) in [6.45, 7) is 5.65. The Hall–Kier alpha value is -1.96. The Morgan fingerprint density at radius 3 is 2.16 bits per heavy atom. The van der Waals surface area contributed by atoms with E-state index in [0.29, 0.717) is 12.5 Å². The highest BCUT2D eigenvalue weighted by Crippen LogP contribution is 2.14. The Kier molecular flexibility index (Phi) is 5.67. The predicted molar refractivity (Wildman–Crippen MR) is 101 cm³/mol. The van der Waals surface area contributed by atoms with Crippen molar-refractivity contribution in [2.45, 2.75) is 13.1 Å². The first kappa shape index (κ1) is 17.8. The van der Waals surface area contributed by atoms with Gasteiger partial charge in [-0.05, 0) is 17.7 Å². The van der Waals surface area contributed by atoms with Crippen LogP contribution in [0, 0.1) is 0 Å². The fourth-order valence-corrected chi connectivity index (χ4v) is 2.98. The van der Waals surface area contributed by atoms with Crippen molar-refractivity contribution in [3.63, 3.8) is 0 Å². The maximum Gasteiger partial charge on any atom is 0.229 e. The molecule has 8 heteroatoms. The first-order chi connectivity index (χ1) is 12.0. The molecule has 0 radical (unpaired) electrons. The van der Waals surface area contributed by atoms with Gasteiger partial charge in [0.15, 0.2) is 0 Å². The van der Waals surface area contributed by atoms with Crippen molar-refractivity contribution in [1.82, 2.24) is 24.8 Å². The number of nitrogen functional groups attached to an aromatic ring is 1. The van der Waals surface area contributed by atoms with Crippen molar-refractivity contribution in [2.24, 2.45) is 0 Å². The van der Waals surface area contributed by atoms with E-state index in [1.54, 1.807) is 0 Å². The Morgan fingerprint density at radius 2 is 1.56 bits per heavy atom. The van der Waals surface area contributed by atoms with E-state index in [4.69, 9.17) is 17.3 Å². The van der Waals surface area contributed by atoms with E-state index in [1.807, 2.05) is 31.1 Å². The third-order valence-corrected chi connectivity index (χ3v) is 4.49. The van der Waals surface area contributed by atoms with Gasteiger partial charge in [0.05, 0.1) is 6.54 Å². The van der Waals surface area contributed by atoms with Crippen molar-refractivity contribution in [2.75, 3.05) is 50.9 Å². The average molecular weight is 362 g/mol. The number of nitrogens with zero attached hydrogens (tertiary/aromatic N) is 6. The molecule has 1 aromatic carbocycles. The van der Waals surface area contributed by atoms with Crippen LogP contribution in [0.2, 0.25) is 5.02 Å². The lowest BCUT2D eigenvalue weighted by Gasteiger charge is -2.34. The number of rotatable bonds is 5. The number of nitrogens with two attached hydrogens (primary N) is 1. The van der Waals surface area contributed by atoms with Crippen LogP contribution in [0.15, 0.2) is 24.3 Å². The molecule has 7 nitrogen and oxygen atoms in total. The van der Waals surface area contributed by atoms with E-state index in [0.717, 1.165) is 43.6 Å². The van der Waals surface area contributed by atoms with Crippen LogP contribution in [0.1, 0.15) is 11.4 Å². The minimum Gasteiger partial charge on any atom is -0.368 e. The molecule has 25 heavy (non-hydrogen) atoms. The zero-order chi connectivity index (χ0) is 17.8. The fraction of sp³-hybridized carbons (Fsp3) is 0.471. The Balaban J connectivity index is 1.53. The molecule has 2 N–H and O–H groups in total. The standard InChI is InChI=1S/C17H24ClN7/c1-23(2)17-21-15(20-16(19)22-17)12-25-9-7-24(8-10-25)11-13-3-5-14(18)6-4-13/h3-6H,7-12H2,1-2H3,(H2,19,20,21,22). The highest BCUT2D eigenvalue weighted by molar-refractivity contribution is 6.30. The van der Waals surface area contributed by atoms with E-state index in [-0.39, 0.29) is 5.95 Å². The van der Waals surface area contributed by atoms with Crippen molar-refractivity contribution in [3.05, 3.63) is 40.7 Å². The first-order valence-electron chi connectivity index (χ1n) is 8.36. The summed E-state index contributed by atoms with van der Waals surface area (Å²) in [5, 5.41) is 0.780. The van der Waals surface area contributed by atoms with Crippen LogP contribution in [0.25, 0.3) is 0 Å². The number of aromatic nitrogens is 3. The molecule has 1 saturated heterocycles. The molecule has 1 fully saturated rings. The van der Waals surface area contributed by atoms with Crippen LogP contribution in [0.5, 0.6) is 0 Å². The Labute approximate surface area is 153 Å². The lowest BCUT2D eigenvalue weighted by molar-refractivity contribution is 0.120. The van der Waals surface area contributed by atoms with Gasteiger partial charge in [0, 0.05) is 51.8 Å². The smallest absolute Gasteiger partial charge is 0.229 e. The van der Waals surface area contributed by atoms with Crippen LogP contribution in [-0.2, 0) is 13.1 Å². The van der Waals surface area contributed by atoms with E-state index in [2.05, 4.69) is 36.9 Å². The van der Waals surface area contributed by atoms with Crippen LogP contribution in [0.3, 0.4) is 0 Å². The molecule has 0 saturated carbocycles. The molecule has 0 unspecified atom stereocenters. The van der Waals surface area contributed by atoms with E-state index >= 15 is 0 Å². The fourth-order valence-electron chi connectivity index (χ4n) is 2.85. The highest BCUT2D eigenvalue weighted by Gasteiger charge is 2.18. The summed E-state index contributed by atoms with van der Waals surface area (Å²) in [5.74, 6) is 1.60. The molecule has 1 aromatic heterocycles. The predicted octanol–water partition coefficient (Wildman–Crippen LogP) is 1.49. The number of halogens is 1. The summed E-state index contributed by atoms with van der Waals surface area (Å²) in [6.07, 6.45) is 0. The van der Waals surface area contributed by atoms with Crippen molar-refractivity contribution in [1.29, 1.82) is 0 Å². The first-order valence-corrected chi connectivity index (χ1v) is 8.74. The lowest BCUT2D eigenvalue weighted by Crippen LogP contribution is -2.45. The van der Waals surface area contributed by atoms with Crippen LogP contribution in [0.4, 0.5) is 11.9 Å². The van der Waals surface area contributed by atoms with Gasteiger partial charge >= 0.3 is 0 Å². The Bertz CT molecular complexity index is 697. The topological polar surface area (TPSA) is 74.4 Å². The molecule has 0 atom stereocenters. The molecule has 134 valence electrons. The second kappa shape index (κ2) is 7.95. The summed E-state index contributed by atoms with van der Waals surface area (Å²) in [5.41, 5.74) is 7.09. The van der Waals surface area contributed by atoms with Gasteiger partial charge < -0.3 is 10.6 Å². The maximum atomic E-state index is 5.94. The van der Waals surface area contributed by atoms with Crippen LogP contribution >= 0.6 is 11.6 Å². The summed E-state index contributed by atoms with van der Waals surface area (Å²) >= 11 is 5.94. The molecule has 1 aliphatic rings. The van der Waals surface area contributed by atoms with Gasteiger partial charge in [-0.25, -0.2) is 0 Å². The number of piperazine rings is 1. The van der Waals surface area contributed by atoms with Crippen LogP contribution < -0.4 is 10.6 Å². The van der Waals surface area contributed by atoms with Crippen molar-refractivity contribution in [3.8, 4) is 0 Å². The lowest BCUT2D eigenvalue weighted by atomic mass is 10.2. The number of hydrogen-bond donors (Lipinski definition) is 1. The van der Waals surface area contributed by atoms with E-state index in [1.165, 1.54) is 5.56 Å². The van der Waals surface area contributed by atoms with E-state index in [9.17, 15) is 0 Å². The summed E-state index contributed by atoms with van der Waals surface area (Å²) in [4.78, 5) is 19.5. The minimum atomic E-state index is 0.273. The number of anilines is 2. The molecule has 3 rings (SSSR count). The second-order valence-electron chi connectivity index (χ2n) is 6.48. The summed E-state index contributed by atoms with van der Waals surface area (Å²) < 4.78 is 0. The molecule has 0 amide bonds. The highest BCUT2D eigenvalue weighted by atomic mass is 35.5. The number of hydrogen-bond acceptors (Lipinski definition) is 7. The molecule has 0 bridgehead atoms. The van der Waals surface area contributed by atoms with Gasteiger partial charge in [-0.1, -0.05) is 23.7 Å². The summed E-state index contributed by atoms with van der Waals surface area (Å²) in [7, 11) is 3.79. The van der Waals surface area contributed by atoms with Crippen molar-refractivity contribution < 1.29 is 0 Å². The molecule has 1 aliphatic heterocycles. The minimum absolute atomic E-state index is 0.273. The Morgan fingerprint density at radius 1 is 0.960 bits per heavy atom. The normalized spacial score (nSPS) is 16.1. The zero-order valence-electron chi connectivity index (χ0n) is 14.7. The molecular weight excluding hydrogens is 338 g/mol. The third kappa shape index (κ3) is 5.01. The SMILES string of the molecule is CN(C)c1nc(N)nc(CN2CCN(Cc3ccc(Cl)cc3)CC2)n1. The van der Waals surface area contributed by atoms with Crippen molar-refractivity contribution >= 4 is 23.5 Å². The molecular formula is C17H24ClN7. The molecule has 0 aliphatic carbocycles.